The predicted octanol–water partition coefficient (Wildman–Crippen LogP) is 2.82. The van der Waals surface area contributed by atoms with Crippen molar-refractivity contribution < 1.29 is 14.3 Å². The first-order chi connectivity index (χ1) is 11.2. The quantitative estimate of drug-likeness (QED) is 0.678. The summed E-state index contributed by atoms with van der Waals surface area (Å²) in [6.07, 6.45) is 1.72. The van der Waals surface area contributed by atoms with Crippen molar-refractivity contribution in [2.24, 2.45) is 0 Å². The SMILES string of the molecule is CCn1nc2ccc(OCc3ccccn3)cc2c1C(=O)OC. The van der Waals surface area contributed by atoms with E-state index in [2.05, 4.69) is 10.1 Å². The van der Waals surface area contributed by atoms with E-state index in [0.717, 1.165) is 16.6 Å². The molecule has 0 aliphatic carbocycles. The van der Waals surface area contributed by atoms with Crippen LogP contribution >= 0.6 is 0 Å². The van der Waals surface area contributed by atoms with E-state index in [4.69, 9.17) is 9.47 Å². The molecule has 2 aromatic heterocycles. The fraction of sp³-hybridized carbons (Fsp3) is 0.235. The number of nitrogens with zero attached hydrogens (tertiary/aromatic N) is 3. The van der Waals surface area contributed by atoms with E-state index < -0.39 is 5.97 Å². The summed E-state index contributed by atoms with van der Waals surface area (Å²) in [5.74, 6) is 0.250. The Hall–Kier alpha value is -2.89. The Morgan fingerprint density at radius 3 is 2.83 bits per heavy atom. The zero-order valence-electron chi connectivity index (χ0n) is 13.0. The highest BCUT2D eigenvalue weighted by Gasteiger charge is 2.18. The van der Waals surface area contributed by atoms with Gasteiger partial charge in [0.1, 0.15) is 12.4 Å². The lowest BCUT2D eigenvalue weighted by molar-refractivity contribution is 0.0589. The minimum absolute atomic E-state index is 0.363. The number of hydrogen-bond acceptors (Lipinski definition) is 5. The molecule has 0 aliphatic rings. The van der Waals surface area contributed by atoms with E-state index in [9.17, 15) is 4.79 Å². The lowest BCUT2D eigenvalue weighted by Gasteiger charge is -2.06. The van der Waals surface area contributed by atoms with Gasteiger partial charge in [-0.3, -0.25) is 9.67 Å². The summed E-state index contributed by atoms with van der Waals surface area (Å²) in [5.41, 5.74) is 2.01. The average molecular weight is 311 g/mol. The minimum atomic E-state index is -0.406. The predicted molar refractivity (Wildman–Crippen MR) is 85.3 cm³/mol. The number of hydrogen-bond donors (Lipinski definition) is 0. The second kappa shape index (κ2) is 6.48. The maximum Gasteiger partial charge on any atom is 0.356 e. The van der Waals surface area contributed by atoms with Gasteiger partial charge in [0.15, 0.2) is 5.69 Å². The molecular formula is C17H17N3O3. The first-order valence-corrected chi connectivity index (χ1v) is 7.34. The molecule has 0 bridgehead atoms. The molecule has 1 aromatic carbocycles. The summed E-state index contributed by atoms with van der Waals surface area (Å²) in [6.45, 7) is 2.88. The van der Waals surface area contributed by atoms with E-state index in [1.54, 1.807) is 10.9 Å². The summed E-state index contributed by atoms with van der Waals surface area (Å²) in [5, 5.41) is 5.13. The molecule has 0 saturated carbocycles. The molecule has 0 fully saturated rings. The van der Waals surface area contributed by atoms with Gasteiger partial charge in [-0.1, -0.05) is 6.07 Å². The molecular weight excluding hydrogens is 294 g/mol. The highest BCUT2D eigenvalue weighted by Crippen LogP contribution is 2.25. The van der Waals surface area contributed by atoms with Gasteiger partial charge < -0.3 is 9.47 Å². The number of fused-ring (bicyclic) bond motifs is 1. The van der Waals surface area contributed by atoms with Gasteiger partial charge in [0.2, 0.25) is 0 Å². The van der Waals surface area contributed by atoms with Gasteiger partial charge in [-0.25, -0.2) is 4.79 Å². The van der Waals surface area contributed by atoms with E-state index in [-0.39, 0.29) is 0 Å². The Labute approximate surface area is 133 Å². The van der Waals surface area contributed by atoms with Crippen LogP contribution in [-0.2, 0) is 17.9 Å². The molecule has 23 heavy (non-hydrogen) atoms. The maximum absolute atomic E-state index is 12.0. The van der Waals surface area contributed by atoms with Crippen LogP contribution in [0.15, 0.2) is 42.6 Å². The third-order valence-electron chi connectivity index (χ3n) is 3.50. The number of aryl methyl sites for hydroxylation is 1. The number of esters is 1. The second-order valence-corrected chi connectivity index (χ2v) is 4.94. The molecule has 3 rings (SSSR count). The molecule has 0 atom stereocenters. The number of pyridine rings is 1. The van der Waals surface area contributed by atoms with E-state index in [1.807, 2.05) is 43.3 Å². The summed E-state index contributed by atoms with van der Waals surface area (Å²) in [7, 11) is 1.36. The van der Waals surface area contributed by atoms with Crippen LogP contribution < -0.4 is 4.74 Å². The zero-order valence-corrected chi connectivity index (χ0v) is 13.0. The molecule has 0 N–H and O–H groups in total. The third-order valence-corrected chi connectivity index (χ3v) is 3.50. The summed E-state index contributed by atoms with van der Waals surface area (Å²) in [6, 6.07) is 11.1. The zero-order chi connectivity index (χ0) is 16.2. The van der Waals surface area contributed by atoms with Crippen molar-refractivity contribution in [3.8, 4) is 5.75 Å². The molecule has 0 saturated heterocycles. The van der Waals surface area contributed by atoms with Crippen LogP contribution in [0.5, 0.6) is 5.75 Å². The molecule has 2 heterocycles. The highest BCUT2D eigenvalue weighted by molar-refractivity contribution is 6.02. The summed E-state index contributed by atoms with van der Waals surface area (Å²) < 4.78 is 12.3. The normalized spacial score (nSPS) is 10.7. The molecule has 0 aliphatic heterocycles. The third kappa shape index (κ3) is 3.01. The Balaban J connectivity index is 1.92. The monoisotopic (exact) mass is 311 g/mol. The van der Waals surface area contributed by atoms with Crippen molar-refractivity contribution in [3.63, 3.8) is 0 Å². The van der Waals surface area contributed by atoms with Gasteiger partial charge in [0.05, 0.1) is 18.3 Å². The van der Waals surface area contributed by atoms with Gasteiger partial charge in [-0.2, -0.15) is 5.10 Å². The Morgan fingerprint density at radius 1 is 1.26 bits per heavy atom. The highest BCUT2D eigenvalue weighted by atomic mass is 16.5. The Morgan fingerprint density at radius 2 is 2.13 bits per heavy atom. The molecule has 0 amide bonds. The topological polar surface area (TPSA) is 66.2 Å². The fourth-order valence-electron chi connectivity index (χ4n) is 2.38. The maximum atomic E-state index is 12.0. The molecule has 6 nitrogen and oxygen atoms in total. The van der Waals surface area contributed by atoms with Crippen LogP contribution in [0.2, 0.25) is 0 Å². The number of carbonyl (C=O) groups is 1. The molecule has 0 spiro atoms. The van der Waals surface area contributed by atoms with Crippen molar-refractivity contribution in [3.05, 3.63) is 54.0 Å². The number of aromatic nitrogens is 3. The molecule has 0 radical (unpaired) electrons. The van der Waals surface area contributed by atoms with Crippen molar-refractivity contribution in [2.75, 3.05) is 7.11 Å². The summed E-state index contributed by atoms with van der Waals surface area (Å²) in [4.78, 5) is 16.2. The van der Waals surface area contributed by atoms with Crippen LogP contribution in [0.1, 0.15) is 23.1 Å². The van der Waals surface area contributed by atoms with Crippen LogP contribution in [0.3, 0.4) is 0 Å². The fourth-order valence-corrected chi connectivity index (χ4v) is 2.38. The van der Waals surface area contributed by atoms with Gasteiger partial charge in [0, 0.05) is 18.1 Å². The van der Waals surface area contributed by atoms with Gasteiger partial charge in [-0.15, -0.1) is 0 Å². The van der Waals surface area contributed by atoms with Crippen molar-refractivity contribution in [1.29, 1.82) is 0 Å². The number of rotatable bonds is 5. The lowest BCUT2D eigenvalue weighted by atomic mass is 10.2. The Kier molecular flexibility index (Phi) is 4.23. The largest absolute Gasteiger partial charge is 0.487 e. The number of benzene rings is 1. The van der Waals surface area contributed by atoms with Crippen molar-refractivity contribution >= 4 is 16.9 Å². The standard InChI is InChI=1S/C17H17N3O3/c1-3-20-16(17(21)22-2)14-10-13(7-8-15(14)19-20)23-11-12-6-4-5-9-18-12/h4-10H,3,11H2,1-2H3. The van der Waals surface area contributed by atoms with Gasteiger partial charge in [-0.05, 0) is 37.3 Å². The number of carbonyl (C=O) groups excluding carboxylic acids is 1. The molecule has 0 unspecified atom stereocenters. The summed E-state index contributed by atoms with van der Waals surface area (Å²) >= 11 is 0. The van der Waals surface area contributed by atoms with E-state index >= 15 is 0 Å². The smallest absolute Gasteiger partial charge is 0.356 e. The minimum Gasteiger partial charge on any atom is -0.487 e. The van der Waals surface area contributed by atoms with Crippen LogP contribution in [0.4, 0.5) is 0 Å². The van der Waals surface area contributed by atoms with E-state index in [1.165, 1.54) is 7.11 Å². The van der Waals surface area contributed by atoms with Crippen molar-refractivity contribution in [1.82, 2.24) is 14.8 Å². The first-order valence-electron chi connectivity index (χ1n) is 7.34. The lowest BCUT2D eigenvalue weighted by Crippen LogP contribution is -2.10. The molecule has 118 valence electrons. The Bertz CT molecular complexity index is 828. The first kappa shape index (κ1) is 15.0. The second-order valence-electron chi connectivity index (χ2n) is 4.94. The number of ether oxygens (including phenoxy) is 2. The van der Waals surface area contributed by atoms with Gasteiger partial charge in [0.25, 0.3) is 0 Å². The number of methoxy groups -OCH3 is 1. The van der Waals surface area contributed by atoms with Crippen molar-refractivity contribution in [2.45, 2.75) is 20.1 Å². The molecule has 3 aromatic rings. The van der Waals surface area contributed by atoms with Crippen LogP contribution in [-0.4, -0.2) is 27.8 Å². The van der Waals surface area contributed by atoms with Gasteiger partial charge >= 0.3 is 5.97 Å². The van der Waals surface area contributed by atoms with Crippen LogP contribution in [0.25, 0.3) is 10.9 Å². The van der Waals surface area contributed by atoms with Crippen LogP contribution in [0, 0.1) is 0 Å². The molecule has 6 heteroatoms. The average Bonchev–Trinajstić information content (AvgIpc) is 2.98. The van der Waals surface area contributed by atoms with E-state index in [0.29, 0.717) is 24.6 Å².